The van der Waals surface area contributed by atoms with Gasteiger partial charge >= 0.3 is 18.0 Å². The average molecular weight is 468 g/mol. The van der Waals surface area contributed by atoms with Crippen LogP contribution in [0, 0.1) is 0 Å². The summed E-state index contributed by atoms with van der Waals surface area (Å²) in [7, 11) is 0. The number of carbonyl (C=O) groups excluding carboxylic acids is 4. The van der Waals surface area contributed by atoms with Crippen molar-refractivity contribution in [1.82, 2.24) is 5.32 Å². The van der Waals surface area contributed by atoms with Crippen molar-refractivity contribution >= 4 is 23.8 Å². The second-order valence-corrected chi connectivity index (χ2v) is 7.23. The van der Waals surface area contributed by atoms with Crippen molar-refractivity contribution in [3.05, 3.63) is 83.9 Å². The molecule has 0 aliphatic heterocycles. The van der Waals surface area contributed by atoms with Gasteiger partial charge in [-0.2, -0.15) is 0 Å². The lowest BCUT2D eigenvalue weighted by atomic mass is 9.98. The van der Waals surface area contributed by atoms with E-state index < -0.39 is 18.0 Å². The zero-order valence-electron chi connectivity index (χ0n) is 19.0. The third kappa shape index (κ3) is 9.28. The van der Waals surface area contributed by atoms with E-state index in [0.29, 0.717) is 24.0 Å². The van der Waals surface area contributed by atoms with Gasteiger partial charge in [-0.25, -0.2) is 14.4 Å². The fourth-order valence-corrected chi connectivity index (χ4v) is 2.98. The van der Waals surface area contributed by atoms with Crippen LogP contribution >= 0.6 is 0 Å². The predicted octanol–water partition coefficient (Wildman–Crippen LogP) is 4.09. The highest BCUT2D eigenvalue weighted by Crippen LogP contribution is 2.16. The minimum atomic E-state index is -0.577. The molecule has 0 unspecified atom stereocenters. The molecule has 8 nitrogen and oxygen atoms in total. The third-order valence-electron chi connectivity index (χ3n) is 4.71. The molecular weight excluding hydrogens is 438 g/mol. The molecule has 2 aromatic rings. The number of hydrogen-bond donors (Lipinski definition) is 1. The van der Waals surface area contributed by atoms with Crippen molar-refractivity contribution in [1.29, 1.82) is 0 Å². The molecule has 2 rings (SSSR count). The zero-order valence-corrected chi connectivity index (χ0v) is 19.0. The lowest BCUT2D eigenvalue weighted by Crippen LogP contribution is -2.28. The first-order valence-electron chi connectivity index (χ1n) is 11.1. The maximum absolute atomic E-state index is 12.7. The number of benzene rings is 2. The second kappa shape index (κ2) is 15.0. The Morgan fingerprint density at radius 3 is 2.03 bits per heavy atom. The number of hydrogen-bond acceptors (Lipinski definition) is 7. The monoisotopic (exact) mass is 467 g/mol. The van der Waals surface area contributed by atoms with E-state index in [1.165, 1.54) is 0 Å². The molecule has 0 aromatic heterocycles. The standard InChI is InChI=1S/C26H29NO7/c1-2-23(28)32-19-16-27-26(31)34-18-11-4-3-10-17-33-25(30)22-15-9-8-14-21(22)24(29)20-12-6-5-7-13-20/h2,5-9,12-15H,1,3-4,10-11,16-19H2,(H,27,31). The largest absolute Gasteiger partial charge is 0.462 e. The summed E-state index contributed by atoms with van der Waals surface area (Å²) in [5.74, 6) is -1.31. The van der Waals surface area contributed by atoms with Crippen molar-refractivity contribution in [2.75, 3.05) is 26.4 Å². The molecule has 34 heavy (non-hydrogen) atoms. The molecule has 0 aliphatic carbocycles. The molecule has 1 amide bonds. The summed E-state index contributed by atoms with van der Waals surface area (Å²) in [6, 6.07) is 15.4. The number of nitrogens with one attached hydrogen (secondary N) is 1. The maximum atomic E-state index is 12.7. The Morgan fingerprint density at radius 2 is 1.35 bits per heavy atom. The van der Waals surface area contributed by atoms with Gasteiger partial charge in [0.15, 0.2) is 5.78 Å². The van der Waals surface area contributed by atoms with Gasteiger partial charge in [-0.1, -0.05) is 55.1 Å². The van der Waals surface area contributed by atoms with Crippen molar-refractivity contribution in [3.63, 3.8) is 0 Å². The highest BCUT2D eigenvalue weighted by atomic mass is 16.6. The molecule has 8 heteroatoms. The Bertz CT molecular complexity index is 972. The summed E-state index contributed by atoms with van der Waals surface area (Å²) in [4.78, 5) is 47.6. The molecule has 0 spiro atoms. The summed E-state index contributed by atoms with van der Waals surface area (Å²) < 4.78 is 15.1. The van der Waals surface area contributed by atoms with Gasteiger partial charge in [-0.3, -0.25) is 4.79 Å². The second-order valence-electron chi connectivity index (χ2n) is 7.23. The number of rotatable bonds is 14. The van der Waals surface area contributed by atoms with Gasteiger partial charge in [0.1, 0.15) is 6.61 Å². The third-order valence-corrected chi connectivity index (χ3v) is 4.71. The molecule has 0 atom stereocenters. The molecule has 0 heterocycles. The highest BCUT2D eigenvalue weighted by Gasteiger charge is 2.18. The number of unbranched alkanes of at least 4 members (excludes halogenated alkanes) is 3. The first-order valence-corrected chi connectivity index (χ1v) is 11.1. The van der Waals surface area contributed by atoms with Crippen molar-refractivity contribution < 1.29 is 33.4 Å². The van der Waals surface area contributed by atoms with E-state index >= 15 is 0 Å². The summed E-state index contributed by atoms with van der Waals surface area (Å²) in [5.41, 5.74) is 1.07. The molecule has 0 radical (unpaired) electrons. The van der Waals surface area contributed by atoms with Crippen LogP contribution in [0.2, 0.25) is 0 Å². The number of amides is 1. The van der Waals surface area contributed by atoms with Gasteiger partial charge < -0.3 is 19.5 Å². The number of esters is 2. The van der Waals surface area contributed by atoms with E-state index in [1.54, 1.807) is 48.5 Å². The lowest BCUT2D eigenvalue weighted by molar-refractivity contribution is -0.137. The Hall–Kier alpha value is -3.94. The molecule has 0 saturated carbocycles. The van der Waals surface area contributed by atoms with Crippen LogP contribution < -0.4 is 5.32 Å². The molecule has 0 aliphatic rings. The lowest BCUT2D eigenvalue weighted by Gasteiger charge is -2.09. The fourth-order valence-electron chi connectivity index (χ4n) is 2.98. The van der Waals surface area contributed by atoms with Crippen LogP contribution in [0.3, 0.4) is 0 Å². The quantitative estimate of drug-likeness (QED) is 0.147. The van der Waals surface area contributed by atoms with E-state index in [4.69, 9.17) is 14.2 Å². The number of ketones is 1. The van der Waals surface area contributed by atoms with Crippen LogP contribution in [0.15, 0.2) is 67.3 Å². The van der Waals surface area contributed by atoms with Gasteiger partial charge in [-0.05, 0) is 31.7 Å². The predicted molar refractivity (Wildman–Crippen MR) is 126 cm³/mol. The van der Waals surface area contributed by atoms with Gasteiger partial charge in [0.2, 0.25) is 0 Å². The molecule has 0 bridgehead atoms. The molecule has 180 valence electrons. The smallest absolute Gasteiger partial charge is 0.407 e. The fraction of sp³-hybridized carbons (Fsp3) is 0.308. The van der Waals surface area contributed by atoms with Crippen molar-refractivity contribution in [3.8, 4) is 0 Å². The van der Waals surface area contributed by atoms with Crippen LogP contribution in [0.4, 0.5) is 4.79 Å². The van der Waals surface area contributed by atoms with Crippen molar-refractivity contribution in [2.45, 2.75) is 25.7 Å². The topological polar surface area (TPSA) is 108 Å². The Kier molecular flexibility index (Phi) is 11.6. The average Bonchev–Trinajstić information content (AvgIpc) is 2.87. The van der Waals surface area contributed by atoms with E-state index in [0.717, 1.165) is 18.9 Å². The number of ether oxygens (including phenoxy) is 3. The Balaban J connectivity index is 1.60. The minimum absolute atomic E-state index is 0.0452. The zero-order chi connectivity index (χ0) is 24.6. The molecule has 1 N–H and O–H groups in total. The highest BCUT2D eigenvalue weighted by molar-refractivity contribution is 6.14. The SMILES string of the molecule is C=CC(=O)OCCNC(=O)OCCCCCCOC(=O)c1ccccc1C(=O)c1ccccc1. The molecule has 0 fully saturated rings. The normalized spacial score (nSPS) is 10.1. The number of alkyl carbamates (subject to hydrolysis) is 1. The molecule has 0 saturated heterocycles. The van der Waals surface area contributed by atoms with Crippen LogP contribution in [-0.4, -0.2) is 50.2 Å². The van der Waals surface area contributed by atoms with Crippen LogP contribution in [-0.2, 0) is 19.0 Å². The maximum Gasteiger partial charge on any atom is 0.407 e. The Morgan fingerprint density at radius 1 is 0.735 bits per heavy atom. The first-order chi connectivity index (χ1) is 16.5. The summed E-state index contributed by atoms with van der Waals surface area (Å²) in [5, 5.41) is 2.47. The molecule has 2 aromatic carbocycles. The summed E-state index contributed by atoms with van der Waals surface area (Å²) >= 11 is 0. The van der Waals surface area contributed by atoms with Gasteiger partial charge in [-0.15, -0.1) is 0 Å². The van der Waals surface area contributed by atoms with E-state index in [-0.39, 0.29) is 37.7 Å². The van der Waals surface area contributed by atoms with Crippen molar-refractivity contribution in [2.24, 2.45) is 0 Å². The van der Waals surface area contributed by atoms with E-state index in [9.17, 15) is 19.2 Å². The Labute approximate surface area is 198 Å². The number of carbonyl (C=O) groups is 4. The minimum Gasteiger partial charge on any atom is -0.462 e. The van der Waals surface area contributed by atoms with Gasteiger partial charge in [0.25, 0.3) is 0 Å². The van der Waals surface area contributed by atoms with Gasteiger partial charge in [0.05, 0.1) is 25.3 Å². The summed E-state index contributed by atoms with van der Waals surface area (Å²) in [6.07, 6.45) is 3.38. The van der Waals surface area contributed by atoms with Crippen LogP contribution in [0.25, 0.3) is 0 Å². The molecular formula is C26H29NO7. The first kappa shape index (κ1) is 26.3. The van der Waals surface area contributed by atoms with Crippen LogP contribution in [0.1, 0.15) is 52.0 Å². The van der Waals surface area contributed by atoms with Crippen LogP contribution in [0.5, 0.6) is 0 Å². The van der Waals surface area contributed by atoms with Gasteiger partial charge in [0, 0.05) is 17.2 Å². The van der Waals surface area contributed by atoms with E-state index in [1.807, 2.05) is 6.07 Å². The van der Waals surface area contributed by atoms with E-state index in [2.05, 4.69) is 11.9 Å². The summed E-state index contributed by atoms with van der Waals surface area (Å²) in [6.45, 7) is 3.96.